The van der Waals surface area contributed by atoms with E-state index in [0.29, 0.717) is 22.7 Å². The van der Waals surface area contributed by atoms with Gasteiger partial charge in [-0.25, -0.2) is 9.50 Å². The Labute approximate surface area is 95.9 Å². The lowest BCUT2D eigenvalue weighted by Gasteiger charge is -1.92. The SMILES string of the molecule is Cc1cc(=O)n2[nH]c(-c3cc(C)on3)cc2n1. The molecular weight excluding hydrogens is 220 g/mol. The highest BCUT2D eigenvalue weighted by Crippen LogP contribution is 2.17. The molecule has 17 heavy (non-hydrogen) atoms. The van der Waals surface area contributed by atoms with Crippen molar-refractivity contribution < 1.29 is 4.52 Å². The second-order valence-corrected chi connectivity index (χ2v) is 3.92. The van der Waals surface area contributed by atoms with Crippen LogP contribution in [0.2, 0.25) is 0 Å². The quantitative estimate of drug-likeness (QED) is 0.683. The van der Waals surface area contributed by atoms with Gasteiger partial charge in [-0.05, 0) is 13.8 Å². The predicted molar refractivity (Wildman–Crippen MR) is 60.8 cm³/mol. The average Bonchev–Trinajstić information content (AvgIpc) is 2.83. The molecule has 0 saturated carbocycles. The molecule has 3 aromatic heterocycles. The summed E-state index contributed by atoms with van der Waals surface area (Å²) < 4.78 is 6.37. The van der Waals surface area contributed by atoms with Gasteiger partial charge in [-0.3, -0.25) is 9.89 Å². The highest BCUT2D eigenvalue weighted by Gasteiger charge is 2.09. The van der Waals surface area contributed by atoms with Gasteiger partial charge < -0.3 is 4.52 Å². The van der Waals surface area contributed by atoms with E-state index in [0.717, 1.165) is 5.76 Å². The van der Waals surface area contributed by atoms with E-state index in [1.165, 1.54) is 10.6 Å². The van der Waals surface area contributed by atoms with Crippen molar-refractivity contribution in [1.29, 1.82) is 0 Å². The molecule has 0 unspecified atom stereocenters. The first-order chi connectivity index (χ1) is 8.13. The second kappa shape index (κ2) is 3.31. The summed E-state index contributed by atoms with van der Waals surface area (Å²) in [4.78, 5) is 16.0. The Morgan fingerprint density at radius 2 is 2.12 bits per heavy atom. The number of aromatic amines is 1. The topological polar surface area (TPSA) is 76.2 Å². The maximum Gasteiger partial charge on any atom is 0.272 e. The molecule has 0 aliphatic heterocycles. The van der Waals surface area contributed by atoms with Gasteiger partial charge in [0.25, 0.3) is 5.56 Å². The van der Waals surface area contributed by atoms with E-state index in [4.69, 9.17) is 4.52 Å². The molecule has 0 spiro atoms. The van der Waals surface area contributed by atoms with Crippen LogP contribution < -0.4 is 5.56 Å². The number of rotatable bonds is 1. The van der Waals surface area contributed by atoms with Crippen LogP contribution in [0, 0.1) is 13.8 Å². The fourth-order valence-electron chi connectivity index (χ4n) is 1.73. The van der Waals surface area contributed by atoms with Crippen LogP contribution in [0.15, 0.2) is 27.5 Å². The zero-order chi connectivity index (χ0) is 12.0. The molecule has 0 amide bonds. The van der Waals surface area contributed by atoms with Crippen molar-refractivity contribution >= 4 is 5.65 Å². The van der Waals surface area contributed by atoms with Crippen molar-refractivity contribution in [3.63, 3.8) is 0 Å². The van der Waals surface area contributed by atoms with Gasteiger partial charge in [-0.2, -0.15) is 0 Å². The Balaban J connectivity index is 2.27. The van der Waals surface area contributed by atoms with Crippen LogP contribution in [0.5, 0.6) is 0 Å². The second-order valence-electron chi connectivity index (χ2n) is 3.92. The third-order valence-electron chi connectivity index (χ3n) is 2.48. The van der Waals surface area contributed by atoms with E-state index in [-0.39, 0.29) is 5.56 Å². The number of aryl methyl sites for hydroxylation is 2. The van der Waals surface area contributed by atoms with E-state index >= 15 is 0 Å². The molecule has 6 heteroatoms. The highest BCUT2D eigenvalue weighted by atomic mass is 16.5. The van der Waals surface area contributed by atoms with Gasteiger partial charge in [0.15, 0.2) is 5.65 Å². The molecule has 0 aromatic carbocycles. The summed E-state index contributed by atoms with van der Waals surface area (Å²) in [6, 6.07) is 5.04. The van der Waals surface area contributed by atoms with Gasteiger partial charge in [-0.15, -0.1) is 0 Å². The molecule has 3 rings (SSSR count). The molecule has 0 aliphatic rings. The zero-order valence-corrected chi connectivity index (χ0v) is 9.39. The lowest BCUT2D eigenvalue weighted by atomic mass is 10.3. The largest absolute Gasteiger partial charge is 0.361 e. The van der Waals surface area contributed by atoms with E-state index < -0.39 is 0 Å². The molecule has 0 fully saturated rings. The van der Waals surface area contributed by atoms with E-state index in [1.54, 1.807) is 19.1 Å². The first kappa shape index (κ1) is 9.83. The van der Waals surface area contributed by atoms with Gasteiger partial charge >= 0.3 is 0 Å². The molecule has 0 aliphatic carbocycles. The number of nitrogens with zero attached hydrogens (tertiary/aromatic N) is 3. The van der Waals surface area contributed by atoms with Gasteiger partial charge in [0, 0.05) is 23.9 Å². The first-order valence-corrected chi connectivity index (χ1v) is 5.16. The highest BCUT2D eigenvalue weighted by molar-refractivity contribution is 5.60. The van der Waals surface area contributed by atoms with E-state index in [2.05, 4.69) is 15.2 Å². The Bertz CT molecular complexity index is 750. The summed E-state index contributed by atoms with van der Waals surface area (Å²) in [5, 5.41) is 6.82. The number of hydrogen-bond donors (Lipinski definition) is 1. The molecule has 86 valence electrons. The minimum Gasteiger partial charge on any atom is -0.361 e. The molecule has 0 atom stereocenters. The Morgan fingerprint density at radius 3 is 2.82 bits per heavy atom. The van der Waals surface area contributed by atoms with Crippen LogP contribution in [0.1, 0.15) is 11.5 Å². The molecule has 1 N–H and O–H groups in total. The predicted octanol–water partition coefficient (Wildman–Crippen LogP) is 1.29. The fraction of sp³-hybridized carbons (Fsp3) is 0.182. The molecule has 3 heterocycles. The molecular formula is C11H10N4O2. The van der Waals surface area contributed by atoms with Crippen molar-refractivity contribution in [2.24, 2.45) is 0 Å². The molecule has 6 nitrogen and oxygen atoms in total. The van der Waals surface area contributed by atoms with Gasteiger partial charge in [0.2, 0.25) is 0 Å². The number of fused-ring (bicyclic) bond motifs is 1. The number of aromatic nitrogens is 4. The van der Waals surface area contributed by atoms with Crippen molar-refractivity contribution in [2.75, 3.05) is 0 Å². The third-order valence-corrected chi connectivity index (χ3v) is 2.48. The van der Waals surface area contributed by atoms with Crippen molar-refractivity contribution in [2.45, 2.75) is 13.8 Å². The summed E-state index contributed by atoms with van der Waals surface area (Å²) >= 11 is 0. The van der Waals surface area contributed by atoms with Crippen molar-refractivity contribution in [1.82, 2.24) is 19.8 Å². The van der Waals surface area contributed by atoms with E-state index in [9.17, 15) is 4.79 Å². The summed E-state index contributed by atoms with van der Waals surface area (Å²) in [6.07, 6.45) is 0. The number of hydrogen-bond acceptors (Lipinski definition) is 4. The lowest BCUT2D eigenvalue weighted by molar-refractivity contribution is 0.399. The minimum atomic E-state index is -0.140. The standard InChI is InChI=1S/C11H10N4O2/c1-6-3-11(16)15-10(12-6)5-8(13-15)9-4-7(2)17-14-9/h3-5,13H,1-2H3. The average molecular weight is 230 g/mol. The molecule has 0 radical (unpaired) electrons. The summed E-state index contributed by atoms with van der Waals surface area (Å²) in [5.41, 5.74) is 2.49. The van der Waals surface area contributed by atoms with Crippen LogP contribution in [-0.2, 0) is 0 Å². The van der Waals surface area contributed by atoms with Gasteiger partial charge in [0.05, 0.1) is 5.69 Å². The number of nitrogens with one attached hydrogen (secondary N) is 1. The first-order valence-electron chi connectivity index (χ1n) is 5.16. The summed E-state index contributed by atoms with van der Waals surface area (Å²) in [5.74, 6) is 0.718. The molecule has 0 bridgehead atoms. The third kappa shape index (κ3) is 1.54. The Hall–Kier alpha value is -2.37. The maximum atomic E-state index is 11.7. The van der Waals surface area contributed by atoms with Crippen LogP contribution >= 0.6 is 0 Å². The van der Waals surface area contributed by atoms with E-state index in [1.807, 2.05) is 6.92 Å². The van der Waals surface area contributed by atoms with Crippen LogP contribution in [-0.4, -0.2) is 19.8 Å². The Kier molecular flexibility index (Phi) is 1.91. The lowest BCUT2D eigenvalue weighted by Crippen LogP contribution is -2.14. The fourth-order valence-corrected chi connectivity index (χ4v) is 1.73. The maximum absolute atomic E-state index is 11.7. The van der Waals surface area contributed by atoms with Crippen LogP contribution in [0.4, 0.5) is 0 Å². The van der Waals surface area contributed by atoms with Gasteiger partial charge in [0.1, 0.15) is 11.5 Å². The van der Waals surface area contributed by atoms with Crippen LogP contribution in [0.3, 0.4) is 0 Å². The van der Waals surface area contributed by atoms with Gasteiger partial charge in [-0.1, -0.05) is 5.16 Å². The zero-order valence-electron chi connectivity index (χ0n) is 9.39. The Morgan fingerprint density at radius 1 is 1.29 bits per heavy atom. The molecule has 3 aromatic rings. The summed E-state index contributed by atoms with van der Waals surface area (Å²) in [7, 11) is 0. The minimum absolute atomic E-state index is 0.140. The smallest absolute Gasteiger partial charge is 0.272 e. The number of H-pyrrole nitrogens is 1. The monoisotopic (exact) mass is 230 g/mol. The van der Waals surface area contributed by atoms with Crippen molar-refractivity contribution in [3.8, 4) is 11.4 Å². The van der Waals surface area contributed by atoms with Crippen molar-refractivity contribution in [3.05, 3.63) is 40.0 Å². The van der Waals surface area contributed by atoms with Crippen LogP contribution in [0.25, 0.3) is 17.0 Å². The summed E-state index contributed by atoms with van der Waals surface area (Å²) in [6.45, 7) is 3.60. The normalized spacial score (nSPS) is 11.2. The molecule has 0 saturated heterocycles.